The molecule has 32 heavy (non-hydrogen) atoms. The van der Waals surface area contributed by atoms with Gasteiger partial charge in [0.2, 0.25) is 5.91 Å². The molecular formula is C22H14F4N4O2. The van der Waals surface area contributed by atoms with Crippen molar-refractivity contribution in [3.05, 3.63) is 88.4 Å². The predicted octanol–water partition coefficient (Wildman–Crippen LogP) is 3.57. The monoisotopic (exact) mass is 442 g/mol. The summed E-state index contributed by atoms with van der Waals surface area (Å²) in [4.78, 5) is 27.4. The van der Waals surface area contributed by atoms with Gasteiger partial charge in [-0.15, -0.1) is 0 Å². The number of benzene rings is 2. The number of halogens is 4. The van der Waals surface area contributed by atoms with E-state index < -0.39 is 34.9 Å². The molecule has 10 heteroatoms. The van der Waals surface area contributed by atoms with Gasteiger partial charge in [0.15, 0.2) is 0 Å². The van der Waals surface area contributed by atoms with E-state index in [4.69, 9.17) is 11.5 Å². The maximum absolute atomic E-state index is 13.9. The van der Waals surface area contributed by atoms with E-state index in [-0.39, 0.29) is 22.6 Å². The quantitative estimate of drug-likeness (QED) is 0.425. The second-order valence-electron chi connectivity index (χ2n) is 6.50. The molecule has 0 aliphatic heterocycles. The van der Waals surface area contributed by atoms with Crippen molar-refractivity contribution < 1.29 is 27.2 Å². The third-order valence-corrected chi connectivity index (χ3v) is 4.20. The molecule has 5 N–H and O–H groups in total. The maximum Gasteiger partial charge on any atom is 0.416 e. The molecule has 0 unspecified atom stereocenters. The van der Waals surface area contributed by atoms with Crippen molar-refractivity contribution >= 4 is 23.3 Å². The fourth-order valence-corrected chi connectivity index (χ4v) is 2.60. The van der Waals surface area contributed by atoms with E-state index in [1.807, 2.05) is 0 Å². The minimum Gasteiger partial charge on any atom is -0.383 e. The van der Waals surface area contributed by atoms with Crippen LogP contribution in [-0.4, -0.2) is 16.8 Å². The third kappa shape index (κ3) is 5.20. The summed E-state index contributed by atoms with van der Waals surface area (Å²) in [6.45, 7) is 0. The van der Waals surface area contributed by atoms with E-state index in [1.165, 1.54) is 30.5 Å². The van der Waals surface area contributed by atoms with Crippen molar-refractivity contribution in [2.24, 2.45) is 5.73 Å². The number of pyridine rings is 1. The second kappa shape index (κ2) is 8.77. The van der Waals surface area contributed by atoms with Gasteiger partial charge in [0.25, 0.3) is 5.91 Å². The topological polar surface area (TPSA) is 111 Å². The Labute approximate surface area is 179 Å². The minimum absolute atomic E-state index is 0.0759. The summed E-state index contributed by atoms with van der Waals surface area (Å²) in [5.41, 5.74) is 9.98. The average molecular weight is 442 g/mol. The first-order valence-electron chi connectivity index (χ1n) is 8.90. The molecule has 6 nitrogen and oxygen atoms in total. The van der Waals surface area contributed by atoms with Crippen LogP contribution in [-0.2, 0) is 6.18 Å². The molecular weight excluding hydrogens is 428 g/mol. The Morgan fingerprint density at radius 3 is 2.47 bits per heavy atom. The molecule has 0 aliphatic rings. The number of nitrogens with two attached hydrogens (primary N) is 2. The van der Waals surface area contributed by atoms with Gasteiger partial charge in [-0.1, -0.05) is 17.9 Å². The number of hydrogen-bond acceptors (Lipinski definition) is 4. The van der Waals surface area contributed by atoms with E-state index in [0.717, 1.165) is 0 Å². The number of primary amides is 1. The summed E-state index contributed by atoms with van der Waals surface area (Å²) in [5.74, 6) is 2.72. The van der Waals surface area contributed by atoms with Crippen molar-refractivity contribution in [1.29, 1.82) is 0 Å². The summed E-state index contributed by atoms with van der Waals surface area (Å²) in [7, 11) is 0. The molecule has 1 aromatic heterocycles. The predicted molar refractivity (Wildman–Crippen MR) is 109 cm³/mol. The molecule has 0 aliphatic carbocycles. The molecule has 2 aromatic carbocycles. The SMILES string of the molecule is NC(=O)c1cnc(N)c(C#Cc2cccc(NC(=O)c3cc(C(F)(F)F)ccc3F)c2)c1. The van der Waals surface area contributed by atoms with E-state index in [0.29, 0.717) is 23.8 Å². The van der Waals surface area contributed by atoms with E-state index in [2.05, 4.69) is 22.1 Å². The van der Waals surface area contributed by atoms with E-state index in [9.17, 15) is 27.2 Å². The molecule has 0 saturated carbocycles. The number of nitrogens with zero attached hydrogens (tertiary/aromatic N) is 1. The molecule has 0 bridgehead atoms. The summed E-state index contributed by atoms with van der Waals surface area (Å²) in [6.07, 6.45) is -3.51. The maximum atomic E-state index is 13.9. The zero-order chi connectivity index (χ0) is 23.5. The van der Waals surface area contributed by atoms with Crippen LogP contribution < -0.4 is 16.8 Å². The standard InChI is InChI=1S/C22H14F4N4O2/c23-18-7-6-15(22(24,25)26)10-17(18)21(32)30-16-3-1-2-12(8-16)4-5-13-9-14(20(28)31)11-29-19(13)27/h1-3,6-11H,(H2,27,29)(H2,28,31)(H,30,32). The number of carbonyl (C=O) groups is 2. The fourth-order valence-electron chi connectivity index (χ4n) is 2.60. The van der Waals surface area contributed by atoms with E-state index >= 15 is 0 Å². The van der Waals surface area contributed by atoms with Gasteiger partial charge in [0, 0.05) is 17.4 Å². The molecule has 0 saturated heterocycles. The zero-order valence-corrected chi connectivity index (χ0v) is 16.1. The van der Waals surface area contributed by atoms with Gasteiger partial charge in [-0.25, -0.2) is 9.37 Å². The van der Waals surface area contributed by atoms with Gasteiger partial charge in [-0.2, -0.15) is 13.2 Å². The Bertz CT molecular complexity index is 1280. The molecule has 0 fully saturated rings. The van der Waals surface area contributed by atoms with Crippen LogP contribution in [0.25, 0.3) is 0 Å². The number of nitrogens with one attached hydrogen (secondary N) is 1. The largest absolute Gasteiger partial charge is 0.416 e. The number of aromatic nitrogens is 1. The van der Waals surface area contributed by atoms with Gasteiger partial charge < -0.3 is 16.8 Å². The molecule has 0 radical (unpaired) electrons. The molecule has 3 rings (SSSR count). The lowest BCUT2D eigenvalue weighted by atomic mass is 10.1. The number of rotatable bonds is 3. The highest BCUT2D eigenvalue weighted by Gasteiger charge is 2.32. The van der Waals surface area contributed by atoms with E-state index in [1.54, 1.807) is 6.07 Å². The highest BCUT2D eigenvalue weighted by atomic mass is 19.4. The first kappa shape index (κ1) is 22.3. The number of carbonyl (C=O) groups excluding carboxylic acids is 2. The van der Waals surface area contributed by atoms with Crippen molar-refractivity contribution in [1.82, 2.24) is 4.98 Å². The molecule has 2 amide bonds. The lowest BCUT2D eigenvalue weighted by Crippen LogP contribution is -2.16. The first-order valence-corrected chi connectivity index (χ1v) is 8.90. The Hall–Kier alpha value is -4.39. The number of amides is 2. The molecule has 0 spiro atoms. The highest BCUT2D eigenvalue weighted by molar-refractivity contribution is 6.04. The number of anilines is 2. The van der Waals surface area contributed by atoms with Crippen molar-refractivity contribution in [3.63, 3.8) is 0 Å². The highest BCUT2D eigenvalue weighted by Crippen LogP contribution is 2.30. The van der Waals surface area contributed by atoms with Gasteiger partial charge >= 0.3 is 6.18 Å². The van der Waals surface area contributed by atoms with Crippen molar-refractivity contribution in [3.8, 4) is 11.8 Å². The fraction of sp³-hybridized carbons (Fsp3) is 0.0455. The van der Waals surface area contributed by atoms with Crippen molar-refractivity contribution in [2.45, 2.75) is 6.18 Å². The molecule has 1 heterocycles. The molecule has 0 atom stereocenters. The Morgan fingerprint density at radius 1 is 1.03 bits per heavy atom. The van der Waals surface area contributed by atoms with Gasteiger partial charge in [0.1, 0.15) is 11.6 Å². The smallest absolute Gasteiger partial charge is 0.383 e. The first-order chi connectivity index (χ1) is 15.0. The molecule has 3 aromatic rings. The lowest BCUT2D eigenvalue weighted by Gasteiger charge is -2.10. The van der Waals surface area contributed by atoms with Crippen molar-refractivity contribution in [2.75, 3.05) is 11.1 Å². The van der Waals surface area contributed by atoms with Crippen LogP contribution >= 0.6 is 0 Å². The van der Waals surface area contributed by atoms with Gasteiger partial charge in [-0.05, 0) is 42.5 Å². The summed E-state index contributed by atoms with van der Waals surface area (Å²) in [5, 5.41) is 2.34. The van der Waals surface area contributed by atoms with Crippen LogP contribution in [0.1, 0.15) is 37.4 Å². The second-order valence-corrected chi connectivity index (χ2v) is 6.50. The number of nitrogen functional groups attached to an aromatic ring is 1. The van der Waals surface area contributed by atoms with Gasteiger partial charge in [-0.3, -0.25) is 9.59 Å². The van der Waals surface area contributed by atoms with Crippen LogP contribution in [0.5, 0.6) is 0 Å². The Balaban J connectivity index is 1.85. The van der Waals surface area contributed by atoms with Crippen LogP contribution in [0.15, 0.2) is 54.7 Å². The summed E-state index contributed by atoms with van der Waals surface area (Å²) < 4.78 is 52.5. The van der Waals surface area contributed by atoms with Crippen LogP contribution in [0, 0.1) is 17.7 Å². The summed E-state index contributed by atoms with van der Waals surface area (Å²) >= 11 is 0. The normalized spacial score (nSPS) is 10.8. The lowest BCUT2D eigenvalue weighted by molar-refractivity contribution is -0.137. The Morgan fingerprint density at radius 2 is 1.78 bits per heavy atom. The summed E-state index contributed by atoms with van der Waals surface area (Å²) in [6, 6.07) is 8.96. The number of alkyl halides is 3. The molecule has 162 valence electrons. The minimum atomic E-state index is -4.72. The van der Waals surface area contributed by atoms with Crippen LogP contribution in [0.3, 0.4) is 0 Å². The third-order valence-electron chi connectivity index (χ3n) is 4.20. The van der Waals surface area contributed by atoms with Crippen LogP contribution in [0.2, 0.25) is 0 Å². The Kier molecular flexibility index (Phi) is 6.11. The zero-order valence-electron chi connectivity index (χ0n) is 16.1. The number of hydrogen-bond donors (Lipinski definition) is 3. The average Bonchev–Trinajstić information content (AvgIpc) is 2.72. The van der Waals surface area contributed by atoms with Gasteiger partial charge in [0.05, 0.1) is 22.3 Å². The van der Waals surface area contributed by atoms with Crippen LogP contribution in [0.4, 0.5) is 29.1 Å².